The molecule has 2 aromatic carbocycles. The number of rotatable bonds is 8. The number of nitrogens with one attached hydrogen (secondary N) is 1. The molecule has 0 aliphatic carbocycles. The van der Waals surface area contributed by atoms with Crippen LogP contribution in [0.1, 0.15) is 48.7 Å². The molecule has 2 aliphatic rings. The number of fused-ring (bicyclic) bond motifs is 2. The van der Waals surface area contributed by atoms with Gasteiger partial charge in [-0.05, 0) is 56.0 Å². The maximum Gasteiger partial charge on any atom is 0.257 e. The van der Waals surface area contributed by atoms with Crippen LogP contribution in [-0.4, -0.2) is 67.1 Å². The number of likely N-dealkylation sites (tertiary alicyclic amines) is 1. The zero-order valence-corrected chi connectivity index (χ0v) is 26.8. The highest BCUT2D eigenvalue weighted by atomic mass is 35.5. The van der Waals surface area contributed by atoms with E-state index >= 15 is 0 Å². The van der Waals surface area contributed by atoms with Gasteiger partial charge in [-0.25, -0.2) is 18.7 Å². The van der Waals surface area contributed by atoms with Crippen molar-refractivity contribution in [3.63, 3.8) is 0 Å². The van der Waals surface area contributed by atoms with E-state index in [1.807, 2.05) is 18.2 Å². The molecular formula is C32H31Cl2F2N7OS. The van der Waals surface area contributed by atoms with Crippen LogP contribution in [0.25, 0.3) is 22.0 Å². The predicted molar refractivity (Wildman–Crippen MR) is 174 cm³/mol. The van der Waals surface area contributed by atoms with E-state index < -0.39 is 24.3 Å². The Morgan fingerprint density at radius 3 is 2.67 bits per heavy atom. The molecule has 13 heteroatoms. The van der Waals surface area contributed by atoms with Gasteiger partial charge in [0.1, 0.15) is 17.9 Å². The molecule has 2 unspecified atom stereocenters. The maximum absolute atomic E-state index is 14.3. The summed E-state index contributed by atoms with van der Waals surface area (Å²) in [6.07, 6.45) is 5.13. The highest BCUT2D eigenvalue weighted by Gasteiger charge is 2.34. The lowest BCUT2D eigenvalue weighted by atomic mass is 9.88. The lowest BCUT2D eigenvalue weighted by molar-refractivity contribution is -0.118. The summed E-state index contributed by atoms with van der Waals surface area (Å²) in [6, 6.07) is 9.14. The monoisotopic (exact) mass is 669 g/mol. The van der Waals surface area contributed by atoms with Crippen LogP contribution in [0.5, 0.6) is 0 Å². The molecule has 234 valence electrons. The van der Waals surface area contributed by atoms with Crippen molar-refractivity contribution in [2.24, 2.45) is 0 Å². The fourth-order valence-corrected chi connectivity index (χ4v) is 7.64. The van der Waals surface area contributed by atoms with Crippen LogP contribution in [0.2, 0.25) is 10.0 Å². The van der Waals surface area contributed by atoms with Crippen LogP contribution >= 0.6 is 34.5 Å². The number of benzene rings is 2. The van der Waals surface area contributed by atoms with E-state index in [1.165, 1.54) is 21.6 Å². The quantitative estimate of drug-likeness (QED) is 0.187. The van der Waals surface area contributed by atoms with Crippen LogP contribution < -0.4 is 5.32 Å². The number of halogens is 4. The summed E-state index contributed by atoms with van der Waals surface area (Å²) >= 11 is 15.1. The second-order valence-corrected chi connectivity index (χ2v) is 13.5. The van der Waals surface area contributed by atoms with Gasteiger partial charge in [0.15, 0.2) is 11.2 Å². The summed E-state index contributed by atoms with van der Waals surface area (Å²) < 4.78 is 31.0. The average molecular weight is 671 g/mol. The smallest absolute Gasteiger partial charge is 0.257 e. The normalized spacial score (nSPS) is 18.7. The first-order valence-corrected chi connectivity index (χ1v) is 16.6. The molecule has 0 bridgehead atoms. The van der Waals surface area contributed by atoms with Gasteiger partial charge >= 0.3 is 0 Å². The van der Waals surface area contributed by atoms with Crippen LogP contribution in [0.4, 0.5) is 13.9 Å². The lowest BCUT2D eigenvalue weighted by Gasteiger charge is -2.32. The number of piperidine rings is 1. The SMILES string of the molecule is CC(F)CN1CCC(c2ccc(-c3cc(Cl)c4cn(C(C(=O)Nc5nccs5)c5ncn6c5C[C@@H](F)C6)nc4c3Cl)cc2)CC1. The Balaban J connectivity index is 1.20. The summed E-state index contributed by atoms with van der Waals surface area (Å²) in [5.74, 6) is 0.0154. The molecule has 0 spiro atoms. The van der Waals surface area contributed by atoms with Crippen LogP contribution in [0.15, 0.2) is 54.4 Å². The number of amides is 1. The zero-order valence-electron chi connectivity index (χ0n) is 24.5. The Labute approximate surface area is 273 Å². The fraction of sp³-hybridized carbons (Fsp3) is 0.375. The lowest BCUT2D eigenvalue weighted by Crippen LogP contribution is -2.36. The summed E-state index contributed by atoms with van der Waals surface area (Å²) in [5, 5.41) is 11.3. The summed E-state index contributed by atoms with van der Waals surface area (Å²) in [7, 11) is 0. The number of anilines is 1. The highest BCUT2D eigenvalue weighted by molar-refractivity contribution is 7.13. The second-order valence-electron chi connectivity index (χ2n) is 11.8. The van der Waals surface area contributed by atoms with E-state index in [0.29, 0.717) is 49.9 Å². The van der Waals surface area contributed by atoms with E-state index in [1.54, 1.807) is 35.6 Å². The van der Waals surface area contributed by atoms with Gasteiger partial charge in [-0.15, -0.1) is 11.3 Å². The molecule has 8 nitrogen and oxygen atoms in total. The molecule has 7 rings (SSSR count). The van der Waals surface area contributed by atoms with Crippen LogP contribution in [0, 0.1) is 0 Å². The van der Waals surface area contributed by atoms with Gasteiger partial charge in [-0.2, -0.15) is 5.10 Å². The number of thiazole rings is 1. The topological polar surface area (TPSA) is 80.9 Å². The minimum Gasteiger partial charge on any atom is -0.331 e. The van der Waals surface area contributed by atoms with Gasteiger partial charge in [-0.3, -0.25) is 14.8 Å². The first-order valence-electron chi connectivity index (χ1n) is 15.0. The van der Waals surface area contributed by atoms with Crippen LogP contribution in [0.3, 0.4) is 0 Å². The first kappa shape index (κ1) is 30.3. The largest absolute Gasteiger partial charge is 0.331 e. The van der Waals surface area contributed by atoms with Crippen molar-refractivity contribution in [1.82, 2.24) is 29.2 Å². The van der Waals surface area contributed by atoms with Crippen molar-refractivity contribution in [1.29, 1.82) is 0 Å². The molecule has 3 atom stereocenters. The number of nitrogens with zero attached hydrogens (tertiary/aromatic N) is 6. The Morgan fingerprint density at radius 1 is 1.18 bits per heavy atom. The third kappa shape index (κ3) is 5.98. The molecule has 1 amide bonds. The molecule has 1 saturated heterocycles. The Kier molecular flexibility index (Phi) is 8.37. The molecule has 0 saturated carbocycles. The van der Waals surface area contributed by atoms with E-state index in [9.17, 15) is 13.6 Å². The number of alkyl halides is 2. The molecule has 0 radical (unpaired) electrons. The molecule has 3 aromatic heterocycles. The average Bonchev–Trinajstić information content (AvgIpc) is 3.82. The van der Waals surface area contributed by atoms with Gasteiger partial charge in [-0.1, -0.05) is 47.5 Å². The number of carbonyl (C=O) groups excluding carboxylic acids is 1. The van der Waals surface area contributed by atoms with Crippen molar-refractivity contribution in [2.75, 3.05) is 25.0 Å². The molecule has 45 heavy (non-hydrogen) atoms. The minimum atomic E-state index is -1.04. The zero-order chi connectivity index (χ0) is 31.2. The number of imidazole rings is 1. The Morgan fingerprint density at radius 2 is 1.96 bits per heavy atom. The molecule has 5 heterocycles. The highest BCUT2D eigenvalue weighted by Crippen LogP contribution is 2.40. The molecule has 1 fully saturated rings. The number of aromatic nitrogens is 5. The minimum absolute atomic E-state index is 0.161. The van der Waals surface area contributed by atoms with E-state index in [2.05, 4.69) is 32.3 Å². The fourth-order valence-electron chi connectivity index (χ4n) is 6.55. The van der Waals surface area contributed by atoms with Crippen molar-refractivity contribution in [2.45, 2.75) is 57.0 Å². The summed E-state index contributed by atoms with van der Waals surface area (Å²) in [5.41, 5.74) is 4.39. The molecular weight excluding hydrogens is 639 g/mol. The summed E-state index contributed by atoms with van der Waals surface area (Å²) in [4.78, 5) is 24.6. The van der Waals surface area contributed by atoms with Gasteiger partial charge in [0.05, 0.1) is 28.6 Å². The molecule has 1 N–H and O–H groups in total. The van der Waals surface area contributed by atoms with E-state index in [-0.39, 0.29) is 13.0 Å². The van der Waals surface area contributed by atoms with Gasteiger partial charge in [0.2, 0.25) is 0 Å². The van der Waals surface area contributed by atoms with Crippen molar-refractivity contribution < 1.29 is 13.6 Å². The first-order chi connectivity index (χ1) is 21.7. The number of hydrogen-bond acceptors (Lipinski definition) is 6. The van der Waals surface area contributed by atoms with Crippen molar-refractivity contribution in [3.05, 3.63) is 81.4 Å². The molecule has 2 aliphatic heterocycles. The number of hydrogen-bond donors (Lipinski definition) is 1. The Bertz CT molecular complexity index is 1830. The third-order valence-electron chi connectivity index (χ3n) is 8.72. The van der Waals surface area contributed by atoms with Crippen molar-refractivity contribution in [3.8, 4) is 11.1 Å². The third-order valence-corrected chi connectivity index (χ3v) is 10.1. The number of carbonyl (C=O) groups is 1. The predicted octanol–water partition coefficient (Wildman–Crippen LogP) is 7.32. The van der Waals surface area contributed by atoms with Crippen molar-refractivity contribution >= 4 is 56.5 Å². The van der Waals surface area contributed by atoms with E-state index in [4.69, 9.17) is 28.3 Å². The van der Waals surface area contributed by atoms with Gasteiger partial charge in [0, 0.05) is 47.4 Å². The Hall–Kier alpha value is -3.38. The van der Waals surface area contributed by atoms with E-state index in [0.717, 1.165) is 37.1 Å². The standard InChI is InChI=1S/C32H31Cl2F2N7OS/c1-18(35)14-41-9-6-20(7-10-41)19-2-4-21(5-3-19)23-13-25(33)24-16-43(40-28(24)27(23)34)30(31(44)39-32-37-8-11-45-32)29-26-12-22(36)15-42(26)17-38-29/h2-5,8,11,13,16-18,20,22,30H,6-7,9-10,12,14-15H2,1H3,(H,37,39,44)/t18?,22-,30?/m1/s1. The van der Waals surface area contributed by atoms with Crippen LogP contribution in [-0.2, 0) is 17.8 Å². The maximum atomic E-state index is 14.3. The molecule has 5 aromatic rings. The van der Waals surface area contributed by atoms with Gasteiger partial charge < -0.3 is 9.47 Å². The summed E-state index contributed by atoms with van der Waals surface area (Å²) in [6.45, 7) is 4.07. The van der Waals surface area contributed by atoms with Gasteiger partial charge in [0.25, 0.3) is 5.91 Å². The second kappa shape index (κ2) is 12.4.